The molecule has 0 radical (unpaired) electrons. The number of nitrogens with one attached hydrogen (secondary N) is 1. The second kappa shape index (κ2) is 3.84. The standard InChI is InChI=1S/C13H17NS/c1-9-6-12(9)14-13-8-15-7-10-4-2-3-5-11(10)13/h2-5,9,12-14H,6-8H2,1H3. The number of thioether (sulfide) groups is 1. The Morgan fingerprint density at radius 2 is 2.13 bits per heavy atom. The van der Waals surface area contributed by atoms with Crippen LogP contribution < -0.4 is 5.32 Å². The Morgan fingerprint density at radius 3 is 2.93 bits per heavy atom. The summed E-state index contributed by atoms with van der Waals surface area (Å²) in [6.07, 6.45) is 1.36. The molecule has 1 nitrogen and oxygen atoms in total. The fraction of sp³-hybridized carbons (Fsp3) is 0.538. The second-order valence-electron chi connectivity index (χ2n) is 4.75. The van der Waals surface area contributed by atoms with Crippen LogP contribution in [0.1, 0.15) is 30.5 Å². The average Bonchev–Trinajstić information content (AvgIpc) is 2.95. The van der Waals surface area contributed by atoms with E-state index in [0.717, 1.165) is 12.0 Å². The maximum absolute atomic E-state index is 3.78. The van der Waals surface area contributed by atoms with Crippen LogP contribution in [0.3, 0.4) is 0 Å². The number of hydrogen-bond donors (Lipinski definition) is 1. The maximum atomic E-state index is 3.78. The van der Waals surface area contributed by atoms with E-state index in [4.69, 9.17) is 0 Å². The van der Waals surface area contributed by atoms with Crippen LogP contribution in [0.25, 0.3) is 0 Å². The molecule has 2 aliphatic rings. The van der Waals surface area contributed by atoms with Crippen molar-refractivity contribution in [3.05, 3.63) is 35.4 Å². The van der Waals surface area contributed by atoms with E-state index in [1.807, 2.05) is 0 Å². The number of benzene rings is 1. The van der Waals surface area contributed by atoms with Gasteiger partial charge in [0.2, 0.25) is 0 Å². The zero-order valence-corrected chi connectivity index (χ0v) is 9.89. The smallest absolute Gasteiger partial charge is 0.0417 e. The molecular formula is C13H17NS. The first-order chi connectivity index (χ1) is 7.34. The SMILES string of the molecule is CC1CC1NC1CSCc2ccccc21. The third-order valence-corrected chi connectivity index (χ3v) is 4.58. The van der Waals surface area contributed by atoms with Gasteiger partial charge in [0.25, 0.3) is 0 Å². The lowest BCUT2D eigenvalue weighted by molar-refractivity contribution is 0.552. The van der Waals surface area contributed by atoms with Crippen molar-refractivity contribution in [1.82, 2.24) is 5.32 Å². The monoisotopic (exact) mass is 219 g/mol. The van der Waals surface area contributed by atoms with E-state index in [-0.39, 0.29) is 0 Å². The maximum Gasteiger partial charge on any atom is 0.0417 e. The summed E-state index contributed by atoms with van der Waals surface area (Å²) in [4.78, 5) is 0. The Bertz CT molecular complexity index is 363. The molecule has 1 heterocycles. The van der Waals surface area contributed by atoms with Gasteiger partial charge in [0.15, 0.2) is 0 Å². The van der Waals surface area contributed by atoms with E-state index in [9.17, 15) is 0 Å². The van der Waals surface area contributed by atoms with Gasteiger partial charge in [-0.3, -0.25) is 0 Å². The van der Waals surface area contributed by atoms with Gasteiger partial charge in [-0.2, -0.15) is 11.8 Å². The largest absolute Gasteiger partial charge is 0.306 e. The predicted molar refractivity (Wildman–Crippen MR) is 66.0 cm³/mol. The van der Waals surface area contributed by atoms with Crippen molar-refractivity contribution < 1.29 is 0 Å². The molecule has 1 saturated carbocycles. The van der Waals surface area contributed by atoms with Crippen LogP contribution in [0.2, 0.25) is 0 Å². The average molecular weight is 219 g/mol. The lowest BCUT2D eigenvalue weighted by atomic mass is 10.0. The topological polar surface area (TPSA) is 12.0 Å². The highest BCUT2D eigenvalue weighted by molar-refractivity contribution is 7.98. The zero-order chi connectivity index (χ0) is 10.3. The molecule has 1 aromatic carbocycles. The molecule has 1 N–H and O–H groups in total. The van der Waals surface area contributed by atoms with Crippen LogP contribution in [0.4, 0.5) is 0 Å². The number of rotatable bonds is 2. The molecule has 0 aromatic heterocycles. The van der Waals surface area contributed by atoms with Crippen LogP contribution in [-0.4, -0.2) is 11.8 Å². The fourth-order valence-electron chi connectivity index (χ4n) is 2.33. The molecule has 0 spiro atoms. The van der Waals surface area contributed by atoms with E-state index >= 15 is 0 Å². The third-order valence-electron chi connectivity index (χ3n) is 3.50. The van der Waals surface area contributed by atoms with Gasteiger partial charge in [-0.25, -0.2) is 0 Å². The van der Waals surface area contributed by atoms with Gasteiger partial charge in [-0.15, -0.1) is 0 Å². The van der Waals surface area contributed by atoms with Gasteiger partial charge < -0.3 is 5.32 Å². The predicted octanol–water partition coefficient (Wildman–Crippen LogP) is 2.97. The normalized spacial score (nSPS) is 33.5. The molecule has 1 aliphatic heterocycles. The second-order valence-corrected chi connectivity index (χ2v) is 5.78. The summed E-state index contributed by atoms with van der Waals surface area (Å²) in [7, 11) is 0. The summed E-state index contributed by atoms with van der Waals surface area (Å²) in [6.45, 7) is 2.33. The summed E-state index contributed by atoms with van der Waals surface area (Å²) in [5.41, 5.74) is 3.06. The Morgan fingerprint density at radius 1 is 1.33 bits per heavy atom. The van der Waals surface area contributed by atoms with Crippen LogP contribution in [0.5, 0.6) is 0 Å². The summed E-state index contributed by atoms with van der Waals surface area (Å²) in [5.74, 6) is 3.32. The Kier molecular flexibility index (Phi) is 2.49. The molecule has 15 heavy (non-hydrogen) atoms. The highest BCUT2D eigenvalue weighted by Gasteiger charge is 2.35. The van der Waals surface area contributed by atoms with E-state index in [2.05, 4.69) is 48.3 Å². The molecule has 2 heteroatoms. The van der Waals surface area contributed by atoms with Gasteiger partial charge in [0, 0.05) is 23.6 Å². The summed E-state index contributed by atoms with van der Waals surface area (Å²) < 4.78 is 0. The lowest BCUT2D eigenvalue weighted by Gasteiger charge is -2.26. The Balaban J connectivity index is 1.80. The van der Waals surface area contributed by atoms with E-state index in [1.54, 1.807) is 0 Å². The zero-order valence-electron chi connectivity index (χ0n) is 9.07. The van der Waals surface area contributed by atoms with Crippen LogP contribution in [0.15, 0.2) is 24.3 Å². The van der Waals surface area contributed by atoms with Crippen LogP contribution >= 0.6 is 11.8 Å². The summed E-state index contributed by atoms with van der Waals surface area (Å²) in [5, 5.41) is 3.78. The molecule has 0 saturated heterocycles. The Hall–Kier alpha value is -0.470. The Labute approximate surface area is 95.6 Å². The number of fused-ring (bicyclic) bond motifs is 1. The first kappa shape index (κ1) is 9.73. The minimum Gasteiger partial charge on any atom is -0.306 e. The van der Waals surface area contributed by atoms with Crippen LogP contribution in [0, 0.1) is 5.92 Å². The van der Waals surface area contributed by atoms with Crippen molar-refractivity contribution in [2.75, 3.05) is 5.75 Å². The molecule has 3 atom stereocenters. The molecule has 3 rings (SSSR count). The minimum absolute atomic E-state index is 0.592. The van der Waals surface area contributed by atoms with Crippen LogP contribution in [-0.2, 0) is 5.75 Å². The van der Waals surface area contributed by atoms with Crippen molar-refractivity contribution in [1.29, 1.82) is 0 Å². The molecule has 1 fully saturated rings. The highest BCUT2D eigenvalue weighted by atomic mass is 32.2. The summed E-state index contributed by atoms with van der Waals surface area (Å²) in [6, 6.07) is 10.3. The van der Waals surface area contributed by atoms with Gasteiger partial charge in [-0.05, 0) is 23.5 Å². The van der Waals surface area contributed by atoms with Gasteiger partial charge in [-0.1, -0.05) is 31.2 Å². The fourth-order valence-corrected chi connectivity index (χ4v) is 3.44. The first-order valence-electron chi connectivity index (χ1n) is 5.76. The number of hydrogen-bond acceptors (Lipinski definition) is 2. The molecule has 0 amide bonds. The molecule has 1 aromatic rings. The van der Waals surface area contributed by atoms with Crippen molar-refractivity contribution in [3.63, 3.8) is 0 Å². The van der Waals surface area contributed by atoms with Crippen molar-refractivity contribution in [3.8, 4) is 0 Å². The first-order valence-corrected chi connectivity index (χ1v) is 6.91. The third kappa shape index (κ3) is 1.93. The molecular weight excluding hydrogens is 202 g/mol. The quantitative estimate of drug-likeness (QED) is 0.820. The lowest BCUT2D eigenvalue weighted by Crippen LogP contribution is -2.29. The molecule has 1 aliphatic carbocycles. The molecule has 0 bridgehead atoms. The van der Waals surface area contributed by atoms with E-state index < -0.39 is 0 Å². The summed E-state index contributed by atoms with van der Waals surface area (Å²) >= 11 is 2.05. The van der Waals surface area contributed by atoms with Crippen molar-refractivity contribution in [2.45, 2.75) is 31.2 Å². The minimum atomic E-state index is 0.592. The highest BCUT2D eigenvalue weighted by Crippen LogP contribution is 2.36. The van der Waals surface area contributed by atoms with E-state index in [0.29, 0.717) is 6.04 Å². The van der Waals surface area contributed by atoms with Gasteiger partial charge >= 0.3 is 0 Å². The van der Waals surface area contributed by atoms with E-state index in [1.165, 1.54) is 29.1 Å². The van der Waals surface area contributed by atoms with Crippen molar-refractivity contribution in [2.24, 2.45) is 5.92 Å². The molecule has 3 unspecified atom stereocenters. The molecule has 80 valence electrons. The van der Waals surface area contributed by atoms with Gasteiger partial charge in [0.05, 0.1) is 0 Å². The van der Waals surface area contributed by atoms with Gasteiger partial charge in [0.1, 0.15) is 0 Å². The van der Waals surface area contributed by atoms with Crippen molar-refractivity contribution >= 4 is 11.8 Å².